The Balaban J connectivity index is 1.38. The first kappa shape index (κ1) is 28.6. The molecule has 0 bridgehead atoms. The smallest absolute Gasteiger partial charge is 0.383 e. The van der Waals surface area contributed by atoms with Crippen molar-refractivity contribution < 1.29 is 22.7 Å². The summed E-state index contributed by atoms with van der Waals surface area (Å²) in [4.78, 5) is 21.2. The number of pyridine rings is 1. The number of allylic oxidation sites excluding steroid dienone is 2. The van der Waals surface area contributed by atoms with Crippen LogP contribution in [0.3, 0.4) is 0 Å². The quantitative estimate of drug-likeness (QED) is 0.324. The van der Waals surface area contributed by atoms with Gasteiger partial charge in [0.05, 0.1) is 12.3 Å². The van der Waals surface area contributed by atoms with E-state index in [0.29, 0.717) is 18.2 Å². The topological polar surface area (TPSA) is 119 Å². The summed E-state index contributed by atoms with van der Waals surface area (Å²) in [5.41, 5.74) is -0.000125. The number of rotatable bonds is 10. The summed E-state index contributed by atoms with van der Waals surface area (Å²) in [6, 6.07) is 12.8. The molecule has 210 valence electrons. The van der Waals surface area contributed by atoms with Crippen LogP contribution in [0.1, 0.15) is 15.9 Å². The minimum atomic E-state index is -4.77. The van der Waals surface area contributed by atoms with Gasteiger partial charge in [0, 0.05) is 69.0 Å². The van der Waals surface area contributed by atoms with Crippen LogP contribution in [0.5, 0.6) is 0 Å². The highest BCUT2D eigenvalue weighted by atomic mass is 19.4. The number of piperazine rings is 1. The standard InChI is InChI=1S/C27H29F3N8O2/c1-40-15-14-37-10-12-38(13-11-37)21-6-2-4-19(16-21)26(39)34-25-8-7-24(35-36-25)33-23(27(28,29)30)17-22(31)20-5-3-9-32-18-20/h2-9,16-18,31H,10-15H2,1H3,(H,33,35)(H,34,36,39)/b23-17-,31-22?. The second kappa shape index (κ2) is 13.1. The molecule has 0 radical (unpaired) electrons. The molecule has 40 heavy (non-hydrogen) atoms. The zero-order chi connectivity index (χ0) is 28.5. The SMILES string of the molecule is COCCN1CCN(c2cccc(C(=O)Nc3ccc(N/C(=C\C(=N)c4cccnc4)C(F)(F)F)nn3)c2)CC1. The lowest BCUT2D eigenvalue weighted by atomic mass is 10.1. The number of hydrogen-bond acceptors (Lipinski definition) is 9. The van der Waals surface area contributed by atoms with Crippen molar-refractivity contribution in [3.05, 3.63) is 83.8 Å². The van der Waals surface area contributed by atoms with Crippen molar-refractivity contribution >= 4 is 28.9 Å². The van der Waals surface area contributed by atoms with E-state index >= 15 is 0 Å². The Labute approximate surface area is 229 Å². The Morgan fingerprint density at radius 1 is 1.02 bits per heavy atom. The molecule has 1 aliphatic rings. The summed E-state index contributed by atoms with van der Waals surface area (Å²) >= 11 is 0. The minimum Gasteiger partial charge on any atom is -0.383 e. The van der Waals surface area contributed by atoms with Crippen LogP contribution >= 0.6 is 0 Å². The van der Waals surface area contributed by atoms with Gasteiger partial charge in [-0.3, -0.25) is 14.7 Å². The number of methoxy groups -OCH3 is 1. The lowest BCUT2D eigenvalue weighted by molar-refractivity contribution is -0.0902. The van der Waals surface area contributed by atoms with Crippen molar-refractivity contribution in [3.63, 3.8) is 0 Å². The van der Waals surface area contributed by atoms with Gasteiger partial charge >= 0.3 is 6.18 Å². The highest BCUT2D eigenvalue weighted by Crippen LogP contribution is 2.27. The lowest BCUT2D eigenvalue weighted by Gasteiger charge is -2.36. The zero-order valence-electron chi connectivity index (χ0n) is 21.8. The third kappa shape index (κ3) is 7.83. The van der Waals surface area contributed by atoms with E-state index in [1.165, 1.54) is 36.7 Å². The molecule has 1 aromatic carbocycles. The number of nitrogens with zero attached hydrogens (tertiary/aromatic N) is 5. The Hall–Kier alpha value is -4.36. The second-order valence-corrected chi connectivity index (χ2v) is 8.97. The Morgan fingerprint density at radius 3 is 2.35 bits per heavy atom. The fraction of sp³-hybridized carbons (Fsp3) is 0.296. The van der Waals surface area contributed by atoms with E-state index in [1.54, 1.807) is 25.3 Å². The summed E-state index contributed by atoms with van der Waals surface area (Å²) < 4.78 is 45.9. The van der Waals surface area contributed by atoms with Gasteiger partial charge in [0.15, 0.2) is 11.6 Å². The number of alkyl halides is 3. The van der Waals surface area contributed by atoms with E-state index in [-0.39, 0.29) is 22.9 Å². The molecule has 1 fully saturated rings. The van der Waals surface area contributed by atoms with Gasteiger partial charge in [-0.25, -0.2) is 0 Å². The molecule has 3 heterocycles. The average molecular weight is 555 g/mol. The van der Waals surface area contributed by atoms with Gasteiger partial charge in [-0.15, -0.1) is 10.2 Å². The Bertz CT molecular complexity index is 1330. The first-order valence-electron chi connectivity index (χ1n) is 12.5. The third-order valence-electron chi connectivity index (χ3n) is 6.19. The first-order valence-corrected chi connectivity index (χ1v) is 12.5. The van der Waals surface area contributed by atoms with Crippen molar-refractivity contribution in [1.29, 1.82) is 5.41 Å². The molecular formula is C27H29F3N8O2. The molecule has 0 aliphatic carbocycles. The van der Waals surface area contributed by atoms with E-state index in [1.807, 2.05) is 6.07 Å². The maximum atomic E-state index is 13.6. The van der Waals surface area contributed by atoms with Gasteiger partial charge in [-0.2, -0.15) is 13.2 Å². The van der Waals surface area contributed by atoms with E-state index < -0.39 is 17.8 Å². The fourth-order valence-electron chi connectivity index (χ4n) is 4.02. The molecular weight excluding hydrogens is 525 g/mol. The van der Waals surface area contributed by atoms with E-state index in [0.717, 1.165) is 38.4 Å². The van der Waals surface area contributed by atoms with Crippen molar-refractivity contribution in [3.8, 4) is 0 Å². The summed E-state index contributed by atoms with van der Waals surface area (Å²) in [6.45, 7) is 5.00. The summed E-state index contributed by atoms with van der Waals surface area (Å²) in [5.74, 6) is -0.545. The lowest BCUT2D eigenvalue weighted by Crippen LogP contribution is -2.47. The van der Waals surface area contributed by atoms with Crippen LogP contribution in [0.25, 0.3) is 0 Å². The number of anilines is 3. The Morgan fingerprint density at radius 2 is 1.73 bits per heavy atom. The molecule has 1 saturated heterocycles. The number of carbonyl (C=O) groups is 1. The molecule has 0 spiro atoms. The summed E-state index contributed by atoms with van der Waals surface area (Å²) in [5, 5.41) is 20.3. The zero-order valence-corrected chi connectivity index (χ0v) is 21.8. The van der Waals surface area contributed by atoms with Crippen LogP contribution in [0.15, 0.2) is 72.7 Å². The van der Waals surface area contributed by atoms with Gasteiger partial charge in [-0.1, -0.05) is 6.07 Å². The van der Waals surface area contributed by atoms with E-state index in [4.69, 9.17) is 10.1 Å². The van der Waals surface area contributed by atoms with Crippen LogP contribution in [0.4, 0.5) is 30.5 Å². The molecule has 1 amide bonds. The molecule has 10 nitrogen and oxygen atoms in total. The third-order valence-corrected chi connectivity index (χ3v) is 6.19. The van der Waals surface area contributed by atoms with Gasteiger partial charge in [0.2, 0.25) is 0 Å². The van der Waals surface area contributed by atoms with Crippen LogP contribution in [0, 0.1) is 5.41 Å². The number of amides is 1. The number of aromatic nitrogens is 3. The highest BCUT2D eigenvalue weighted by molar-refractivity contribution is 6.07. The summed E-state index contributed by atoms with van der Waals surface area (Å²) in [7, 11) is 1.69. The largest absolute Gasteiger partial charge is 0.431 e. The second-order valence-electron chi connectivity index (χ2n) is 8.97. The first-order chi connectivity index (χ1) is 19.2. The monoisotopic (exact) mass is 554 g/mol. The number of nitrogens with one attached hydrogen (secondary N) is 3. The maximum Gasteiger partial charge on any atom is 0.431 e. The molecule has 2 aromatic heterocycles. The van der Waals surface area contributed by atoms with Gasteiger partial charge in [0.25, 0.3) is 5.91 Å². The van der Waals surface area contributed by atoms with Crippen LogP contribution in [0.2, 0.25) is 0 Å². The molecule has 4 rings (SSSR count). The number of ether oxygens (including phenoxy) is 1. The van der Waals surface area contributed by atoms with Crippen LogP contribution in [-0.2, 0) is 4.74 Å². The van der Waals surface area contributed by atoms with Crippen LogP contribution < -0.4 is 15.5 Å². The van der Waals surface area contributed by atoms with E-state index in [9.17, 15) is 18.0 Å². The highest BCUT2D eigenvalue weighted by Gasteiger charge is 2.34. The molecule has 0 saturated carbocycles. The van der Waals surface area contributed by atoms with Crippen molar-refractivity contribution in [1.82, 2.24) is 20.1 Å². The van der Waals surface area contributed by atoms with Gasteiger partial charge in [0.1, 0.15) is 5.70 Å². The molecule has 3 aromatic rings. The molecule has 0 atom stereocenters. The predicted molar refractivity (Wildman–Crippen MR) is 146 cm³/mol. The predicted octanol–water partition coefficient (Wildman–Crippen LogP) is 3.82. The van der Waals surface area contributed by atoms with E-state index in [2.05, 4.69) is 35.6 Å². The number of carbonyl (C=O) groups excluding carboxylic acids is 1. The average Bonchev–Trinajstić information content (AvgIpc) is 2.97. The van der Waals surface area contributed by atoms with Crippen molar-refractivity contribution in [2.75, 3.05) is 62.0 Å². The van der Waals surface area contributed by atoms with Crippen molar-refractivity contribution in [2.24, 2.45) is 0 Å². The van der Waals surface area contributed by atoms with Crippen LogP contribution in [-0.4, -0.2) is 84.3 Å². The van der Waals surface area contributed by atoms with Crippen molar-refractivity contribution in [2.45, 2.75) is 6.18 Å². The summed E-state index contributed by atoms with van der Waals surface area (Å²) in [6.07, 6.45) is -1.36. The molecule has 13 heteroatoms. The molecule has 1 aliphatic heterocycles. The number of benzene rings is 1. The number of hydrogen-bond donors (Lipinski definition) is 3. The molecule has 3 N–H and O–H groups in total. The fourth-order valence-corrected chi connectivity index (χ4v) is 4.02. The minimum absolute atomic E-state index is 0.0772. The van der Waals surface area contributed by atoms with Gasteiger partial charge in [-0.05, 0) is 48.5 Å². The van der Waals surface area contributed by atoms with Gasteiger partial charge < -0.3 is 25.7 Å². The Kier molecular flexibility index (Phi) is 9.40. The maximum absolute atomic E-state index is 13.6. The number of halogens is 3. The molecule has 0 unspecified atom stereocenters. The normalized spacial score (nSPS) is 14.6.